The zero-order valence-corrected chi connectivity index (χ0v) is 26.8. The molecule has 0 aliphatic carbocycles. The summed E-state index contributed by atoms with van der Waals surface area (Å²) in [7, 11) is -3.75. The highest BCUT2D eigenvalue weighted by Gasteiger charge is 2.43. The fourth-order valence-corrected chi connectivity index (χ4v) is 6.34. The number of amides is 1. The van der Waals surface area contributed by atoms with Crippen molar-refractivity contribution in [2.45, 2.75) is 43.1 Å². The molecule has 0 unspecified atom stereocenters. The Labute approximate surface area is 275 Å². The summed E-state index contributed by atoms with van der Waals surface area (Å²) in [4.78, 5) is 39.8. The molecule has 0 N–H and O–H groups in total. The summed E-state index contributed by atoms with van der Waals surface area (Å²) >= 11 is 0. The Morgan fingerprint density at radius 2 is 1.71 bits per heavy atom. The Morgan fingerprint density at radius 1 is 1.00 bits per heavy atom. The van der Waals surface area contributed by atoms with Gasteiger partial charge < -0.3 is 14.0 Å². The van der Waals surface area contributed by atoms with Crippen LogP contribution in [0.1, 0.15) is 39.4 Å². The number of carbonyl (C=O) groups excluding carboxylic acids is 2. The molecule has 4 aromatic rings. The molecule has 1 aliphatic heterocycles. The van der Waals surface area contributed by atoms with E-state index < -0.39 is 40.2 Å². The maximum Gasteiger partial charge on any atom is 0.493 e. The summed E-state index contributed by atoms with van der Waals surface area (Å²) in [6.45, 7) is 5.39. The fraction of sp³-hybridized carbons (Fsp3) is 0.333. The average molecular weight is 687 g/mol. The van der Waals surface area contributed by atoms with Gasteiger partial charge in [-0.15, -0.1) is 0 Å². The van der Waals surface area contributed by atoms with E-state index in [4.69, 9.17) is 9.15 Å². The number of hydrogen-bond acceptors (Lipinski definition) is 10. The first-order chi connectivity index (χ1) is 22.9. The van der Waals surface area contributed by atoms with Crippen molar-refractivity contribution in [3.63, 3.8) is 0 Å². The van der Waals surface area contributed by atoms with Gasteiger partial charge in [0.25, 0.3) is 5.91 Å². The molecule has 2 aromatic heterocycles. The zero-order chi connectivity index (χ0) is 34.3. The van der Waals surface area contributed by atoms with Crippen molar-refractivity contribution >= 4 is 21.7 Å². The van der Waals surface area contributed by atoms with Gasteiger partial charge in [-0.2, -0.15) is 18.2 Å². The normalized spacial score (nSPS) is 14.1. The molecule has 0 saturated carbocycles. The lowest BCUT2D eigenvalue weighted by Gasteiger charge is -2.26. The van der Waals surface area contributed by atoms with Gasteiger partial charge in [-0.1, -0.05) is 18.2 Å². The van der Waals surface area contributed by atoms with Gasteiger partial charge >= 0.3 is 12.1 Å². The highest BCUT2D eigenvalue weighted by Crippen LogP contribution is 2.26. The Hall–Kier alpha value is -4.60. The maximum atomic E-state index is 13.2. The Balaban J connectivity index is 1.23. The number of sulfone groups is 1. The average Bonchev–Trinajstić information content (AvgIpc) is 3.43. The number of aryl methyl sites for hydroxylation is 2. The second-order valence-corrected chi connectivity index (χ2v) is 13.1. The predicted octanol–water partition coefficient (Wildman–Crippen LogP) is 4.95. The lowest BCUT2D eigenvalue weighted by molar-refractivity contribution is -0.230. The van der Waals surface area contributed by atoms with Crippen LogP contribution < -0.4 is 0 Å². The highest BCUT2D eigenvalue weighted by molar-refractivity contribution is 7.90. The quantitative estimate of drug-likeness (QED) is 0.200. The molecule has 1 saturated heterocycles. The molecule has 2 aromatic carbocycles. The minimum Gasteiger partial charge on any atom is -0.441 e. The summed E-state index contributed by atoms with van der Waals surface area (Å²) in [5.74, 6) is -3.59. The highest BCUT2D eigenvalue weighted by atomic mass is 32.2. The Morgan fingerprint density at radius 3 is 2.35 bits per heavy atom. The van der Waals surface area contributed by atoms with Gasteiger partial charge in [0.2, 0.25) is 5.89 Å². The number of hydrogen-bond donors (Lipinski definition) is 0. The molecule has 1 fully saturated rings. The van der Waals surface area contributed by atoms with Crippen molar-refractivity contribution in [1.29, 1.82) is 0 Å². The van der Waals surface area contributed by atoms with Gasteiger partial charge in [0.05, 0.1) is 30.3 Å². The number of pyridine rings is 1. The Bertz CT molecular complexity index is 1810. The van der Waals surface area contributed by atoms with Gasteiger partial charge in [-0.05, 0) is 79.9 Å². The minimum atomic E-state index is -5.32. The van der Waals surface area contributed by atoms with Crippen molar-refractivity contribution in [2.24, 2.45) is 0 Å². The van der Waals surface area contributed by atoms with E-state index in [1.54, 1.807) is 19.1 Å². The molecule has 15 heteroatoms. The number of benzene rings is 2. The lowest BCUT2D eigenvalue weighted by Crippen LogP contribution is -2.38. The largest absolute Gasteiger partial charge is 0.493 e. The molecule has 0 radical (unpaired) electrons. The monoisotopic (exact) mass is 686 g/mol. The molecule has 1 aliphatic rings. The van der Waals surface area contributed by atoms with Crippen LogP contribution in [0.25, 0.3) is 11.5 Å². The second-order valence-electron chi connectivity index (χ2n) is 11.1. The van der Waals surface area contributed by atoms with Crippen LogP contribution in [0.4, 0.5) is 13.2 Å². The van der Waals surface area contributed by atoms with Gasteiger partial charge in [0, 0.05) is 36.6 Å². The number of rotatable bonds is 11. The van der Waals surface area contributed by atoms with Crippen LogP contribution in [0, 0.1) is 6.92 Å². The van der Waals surface area contributed by atoms with Crippen molar-refractivity contribution in [3.05, 3.63) is 101 Å². The van der Waals surface area contributed by atoms with Gasteiger partial charge in [-0.3, -0.25) is 14.7 Å². The number of halogens is 3. The van der Waals surface area contributed by atoms with E-state index in [1.165, 1.54) is 48.8 Å². The number of oxazole rings is 1. The molecule has 0 bridgehead atoms. The van der Waals surface area contributed by atoms with Crippen LogP contribution in [-0.4, -0.2) is 79.2 Å². The first-order valence-corrected chi connectivity index (χ1v) is 16.7. The van der Waals surface area contributed by atoms with Crippen molar-refractivity contribution in [1.82, 2.24) is 19.9 Å². The maximum absolute atomic E-state index is 13.2. The summed E-state index contributed by atoms with van der Waals surface area (Å²) in [5, 5.41) is 0.304. The molecule has 5 rings (SSSR count). The molecule has 11 nitrogen and oxygen atoms in total. The standard InChI is InChI=1S/C33H33F3N4O7S/c1-23-29(22-48(43,44)28-12-6-24(7-13-28)5-3-15-39-16-18-45-19-17-39)38-30(46-23)26-8-10-27(11-9-26)31(41)40(47-32(42)33(34,35)36)21-25-4-2-14-37-20-25/h2,4,6-14,20H,3,5,15-19,21-22H2,1H3. The molecule has 1 amide bonds. The van der Waals surface area contributed by atoms with Crippen molar-refractivity contribution in [2.75, 3.05) is 32.8 Å². The third-order valence-electron chi connectivity index (χ3n) is 7.62. The molecule has 0 spiro atoms. The summed E-state index contributed by atoms with van der Waals surface area (Å²) in [5.41, 5.74) is 1.87. The fourth-order valence-electron chi connectivity index (χ4n) is 5.00. The van der Waals surface area contributed by atoms with E-state index in [1.807, 2.05) is 12.1 Å². The molecule has 3 heterocycles. The van der Waals surface area contributed by atoms with E-state index in [0.717, 1.165) is 51.3 Å². The third kappa shape index (κ3) is 9.05. The Kier molecular flexibility index (Phi) is 10.9. The number of morpholine rings is 1. The van der Waals surface area contributed by atoms with Crippen LogP contribution in [-0.2, 0) is 42.9 Å². The first-order valence-electron chi connectivity index (χ1n) is 15.1. The smallest absolute Gasteiger partial charge is 0.441 e. The van der Waals surface area contributed by atoms with E-state index >= 15 is 0 Å². The first kappa shape index (κ1) is 34.7. The third-order valence-corrected chi connectivity index (χ3v) is 9.27. The van der Waals surface area contributed by atoms with Gasteiger partial charge in [-0.25, -0.2) is 18.2 Å². The summed E-state index contributed by atoms with van der Waals surface area (Å²) in [6, 6.07) is 15.3. The van der Waals surface area contributed by atoms with E-state index in [-0.39, 0.29) is 27.8 Å². The molecule has 48 heavy (non-hydrogen) atoms. The van der Waals surface area contributed by atoms with Crippen LogP contribution in [0.2, 0.25) is 0 Å². The van der Waals surface area contributed by atoms with Crippen LogP contribution in [0.15, 0.2) is 82.4 Å². The lowest BCUT2D eigenvalue weighted by atomic mass is 10.1. The minimum absolute atomic E-state index is 0.0861. The number of ether oxygens (including phenoxy) is 1. The number of aromatic nitrogens is 2. The van der Waals surface area contributed by atoms with Gasteiger partial charge in [0.1, 0.15) is 11.5 Å². The SMILES string of the molecule is Cc1oc(-c2ccc(C(=O)N(Cc3cccnc3)OC(=O)C(F)(F)F)cc2)nc1CS(=O)(=O)c1ccc(CCCN2CCOCC2)cc1. The van der Waals surface area contributed by atoms with Crippen LogP contribution in [0.3, 0.4) is 0 Å². The summed E-state index contributed by atoms with van der Waals surface area (Å²) < 4.78 is 76.3. The molecule has 0 atom stereocenters. The van der Waals surface area contributed by atoms with Crippen LogP contribution in [0.5, 0.6) is 0 Å². The molecular weight excluding hydrogens is 653 g/mol. The van der Waals surface area contributed by atoms with E-state index in [2.05, 4.69) is 19.7 Å². The van der Waals surface area contributed by atoms with Crippen molar-refractivity contribution in [3.8, 4) is 11.5 Å². The zero-order valence-electron chi connectivity index (χ0n) is 26.0. The molecule has 254 valence electrons. The topological polar surface area (TPSA) is 132 Å². The van der Waals surface area contributed by atoms with Crippen molar-refractivity contribution < 1.29 is 45.2 Å². The summed E-state index contributed by atoms with van der Waals surface area (Å²) in [6.07, 6.45) is -0.782. The predicted molar refractivity (Wildman–Crippen MR) is 166 cm³/mol. The number of nitrogens with zero attached hydrogens (tertiary/aromatic N) is 4. The van der Waals surface area contributed by atoms with Crippen LogP contribution >= 0.6 is 0 Å². The van der Waals surface area contributed by atoms with E-state index in [0.29, 0.717) is 16.2 Å². The van der Waals surface area contributed by atoms with Gasteiger partial charge in [0.15, 0.2) is 9.84 Å². The second kappa shape index (κ2) is 15.1. The van der Waals surface area contributed by atoms with E-state index in [9.17, 15) is 31.2 Å². The number of hydroxylamine groups is 2. The number of carbonyl (C=O) groups is 2. The molecular formula is C33H33F3N4O7S. The number of alkyl halides is 3.